The molecule has 0 aliphatic carbocycles. The Hall–Kier alpha value is -1.29. The second kappa shape index (κ2) is 3.94. The van der Waals surface area contributed by atoms with E-state index < -0.39 is 0 Å². The normalized spacial score (nSPS) is 11.3. The van der Waals surface area contributed by atoms with Crippen molar-refractivity contribution in [3.63, 3.8) is 0 Å². The van der Waals surface area contributed by atoms with Crippen LogP contribution in [0.4, 0.5) is 5.82 Å². The summed E-state index contributed by atoms with van der Waals surface area (Å²) in [4.78, 5) is 1.23. The standard InChI is InChI=1S/C12H17N3S/c1-7(2)9-10(14-15(4)12(9)13)11-8(3)5-6-16-11/h5-7H,13H2,1-4H3. The van der Waals surface area contributed by atoms with Crippen LogP contribution in [0.25, 0.3) is 10.6 Å². The van der Waals surface area contributed by atoms with Crippen LogP contribution in [0, 0.1) is 6.92 Å². The SMILES string of the molecule is Cc1ccsc1-c1nn(C)c(N)c1C(C)C. The summed E-state index contributed by atoms with van der Waals surface area (Å²) in [6.07, 6.45) is 0. The van der Waals surface area contributed by atoms with Crippen molar-refractivity contribution in [1.82, 2.24) is 9.78 Å². The third-order valence-electron chi connectivity index (χ3n) is 2.78. The van der Waals surface area contributed by atoms with Crippen molar-refractivity contribution in [2.45, 2.75) is 26.7 Å². The van der Waals surface area contributed by atoms with Gasteiger partial charge in [0, 0.05) is 12.6 Å². The summed E-state index contributed by atoms with van der Waals surface area (Å²) in [7, 11) is 1.90. The second-order valence-electron chi connectivity index (χ2n) is 4.36. The van der Waals surface area contributed by atoms with E-state index >= 15 is 0 Å². The molecule has 2 aromatic heterocycles. The van der Waals surface area contributed by atoms with Gasteiger partial charge >= 0.3 is 0 Å². The number of aromatic nitrogens is 2. The third kappa shape index (κ3) is 1.63. The van der Waals surface area contributed by atoms with Crippen LogP contribution < -0.4 is 5.73 Å². The van der Waals surface area contributed by atoms with Crippen molar-refractivity contribution in [3.8, 4) is 10.6 Å². The molecule has 4 heteroatoms. The average molecular weight is 235 g/mol. The summed E-state index contributed by atoms with van der Waals surface area (Å²) in [5.41, 5.74) is 9.54. The maximum Gasteiger partial charge on any atom is 0.125 e. The Kier molecular flexibility index (Phi) is 2.76. The highest BCUT2D eigenvalue weighted by molar-refractivity contribution is 7.13. The summed E-state index contributed by atoms with van der Waals surface area (Å²) in [6.45, 7) is 6.42. The number of nitrogens with zero attached hydrogens (tertiary/aromatic N) is 2. The quantitative estimate of drug-likeness (QED) is 0.869. The van der Waals surface area contributed by atoms with Crippen LogP contribution in [-0.2, 0) is 7.05 Å². The van der Waals surface area contributed by atoms with Crippen molar-refractivity contribution in [3.05, 3.63) is 22.6 Å². The number of aryl methyl sites for hydroxylation is 2. The molecular formula is C12H17N3S. The molecule has 0 spiro atoms. The minimum Gasteiger partial charge on any atom is -0.384 e. The highest BCUT2D eigenvalue weighted by Gasteiger charge is 2.19. The van der Waals surface area contributed by atoms with Gasteiger partial charge in [-0.25, -0.2) is 0 Å². The fourth-order valence-electron chi connectivity index (χ4n) is 1.91. The topological polar surface area (TPSA) is 43.8 Å². The maximum atomic E-state index is 6.07. The van der Waals surface area contributed by atoms with Gasteiger partial charge in [0.05, 0.1) is 4.88 Å². The van der Waals surface area contributed by atoms with E-state index in [2.05, 4.69) is 37.3 Å². The van der Waals surface area contributed by atoms with Gasteiger partial charge in [0.2, 0.25) is 0 Å². The largest absolute Gasteiger partial charge is 0.384 e. The van der Waals surface area contributed by atoms with Crippen LogP contribution in [0.15, 0.2) is 11.4 Å². The van der Waals surface area contributed by atoms with Gasteiger partial charge in [-0.2, -0.15) is 5.10 Å². The van der Waals surface area contributed by atoms with Gasteiger partial charge in [0.1, 0.15) is 11.5 Å². The lowest BCUT2D eigenvalue weighted by molar-refractivity contribution is 0.780. The minimum absolute atomic E-state index is 0.394. The molecule has 0 unspecified atom stereocenters. The summed E-state index contributed by atoms with van der Waals surface area (Å²) in [5.74, 6) is 1.17. The predicted octanol–water partition coefficient (Wildman–Crippen LogP) is 3.16. The highest BCUT2D eigenvalue weighted by atomic mass is 32.1. The Morgan fingerprint density at radius 1 is 1.44 bits per heavy atom. The van der Waals surface area contributed by atoms with Crippen LogP contribution in [0.1, 0.15) is 30.9 Å². The first-order valence-electron chi connectivity index (χ1n) is 5.39. The van der Waals surface area contributed by atoms with Gasteiger partial charge < -0.3 is 5.73 Å². The van der Waals surface area contributed by atoms with E-state index in [-0.39, 0.29) is 0 Å². The van der Waals surface area contributed by atoms with E-state index in [1.807, 2.05) is 7.05 Å². The summed E-state index contributed by atoms with van der Waals surface area (Å²) in [5, 5.41) is 6.63. The number of nitrogen functional groups attached to an aromatic ring is 1. The number of rotatable bonds is 2. The van der Waals surface area contributed by atoms with Crippen molar-refractivity contribution >= 4 is 17.2 Å². The molecule has 3 nitrogen and oxygen atoms in total. The molecule has 0 radical (unpaired) electrons. The lowest BCUT2D eigenvalue weighted by Gasteiger charge is -2.06. The van der Waals surface area contributed by atoms with Crippen molar-refractivity contribution in [1.29, 1.82) is 0 Å². The Morgan fingerprint density at radius 2 is 2.12 bits per heavy atom. The Labute approximate surface area is 99.9 Å². The lowest BCUT2D eigenvalue weighted by Crippen LogP contribution is -2.00. The van der Waals surface area contributed by atoms with Crippen LogP contribution in [0.3, 0.4) is 0 Å². The molecule has 2 heterocycles. The number of hydrogen-bond acceptors (Lipinski definition) is 3. The molecule has 0 amide bonds. The molecule has 0 fully saturated rings. The molecule has 2 N–H and O–H groups in total. The fraction of sp³-hybridized carbons (Fsp3) is 0.417. The number of thiophene rings is 1. The smallest absolute Gasteiger partial charge is 0.125 e. The van der Waals surface area contributed by atoms with Crippen molar-refractivity contribution in [2.75, 3.05) is 5.73 Å². The van der Waals surface area contributed by atoms with Crippen molar-refractivity contribution in [2.24, 2.45) is 7.05 Å². The molecule has 0 atom stereocenters. The average Bonchev–Trinajstić information content (AvgIpc) is 2.72. The molecular weight excluding hydrogens is 218 g/mol. The first kappa shape index (κ1) is 11.2. The van der Waals surface area contributed by atoms with E-state index in [0.717, 1.165) is 17.1 Å². The van der Waals surface area contributed by atoms with Gasteiger partial charge in [-0.15, -0.1) is 11.3 Å². The Balaban J connectivity index is 2.66. The minimum atomic E-state index is 0.394. The van der Waals surface area contributed by atoms with E-state index in [1.54, 1.807) is 16.0 Å². The van der Waals surface area contributed by atoms with Crippen molar-refractivity contribution < 1.29 is 0 Å². The van der Waals surface area contributed by atoms with E-state index in [9.17, 15) is 0 Å². The Morgan fingerprint density at radius 3 is 2.62 bits per heavy atom. The van der Waals surface area contributed by atoms with Gasteiger partial charge in [0.25, 0.3) is 0 Å². The van der Waals surface area contributed by atoms with Gasteiger partial charge in [0.15, 0.2) is 0 Å². The molecule has 0 saturated carbocycles. The molecule has 0 saturated heterocycles. The van der Waals surface area contributed by atoms with Crippen LogP contribution in [0.5, 0.6) is 0 Å². The predicted molar refractivity (Wildman–Crippen MR) is 69.8 cm³/mol. The maximum absolute atomic E-state index is 6.07. The lowest BCUT2D eigenvalue weighted by atomic mass is 10.0. The zero-order valence-corrected chi connectivity index (χ0v) is 10.9. The first-order chi connectivity index (χ1) is 7.52. The molecule has 0 aliphatic rings. The monoisotopic (exact) mass is 235 g/mol. The number of hydrogen-bond donors (Lipinski definition) is 1. The molecule has 0 aromatic carbocycles. The van der Waals surface area contributed by atoms with E-state index in [4.69, 9.17) is 5.73 Å². The number of anilines is 1. The van der Waals surface area contributed by atoms with E-state index in [1.165, 1.54) is 10.4 Å². The zero-order chi connectivity index (χ0) is 11.9. The van der Waals surface area contributed by atoms with E-state index in [0.29, 0.717) is 5.92 Å². The molecule has 0 bridgehead atoms. The molecule has 86 valence electrons. The zero-order valence-electron chi connectivity index (χ0n) is 10.1. The summed E-state index contributed by atoms with van der Waals surface area (Å²) < 4.78 is 1.77. The summed E-state index contributed by atoms with van der Waals surface area (Å²) >= 11 is 1.72. The van der Waals surface area contributed by atoms with Gasteiger partial charge in [-0.05, 0) is 29.9 Å². The highest BCUT2D eigenvalue weighted by Crippen LogP contribution is 2.36. The van der Waals surface area contributed by atoms with Crippen LogP contribution in [0.2, 0.25) is 0 Å². The third-order valence-corrected chi connectivity index (χ3v) is 3.81. The number of nitrogens with two attached hydrogens (primary N) is 1. The molecule has 16 heavy (non-hydrogen) atoms. The van der Waals surface area contributed by atoms with Crippen LogP contribution in [-0.4, -0.2) is 9.78 Å². The summed E-state index contributed by atoms with van der Waals surface area (Å²) in [6, 6.07) is 2.12. The molecule has 0 aliphatic heterocycles. The second-order valence-corrected chi connectivity index (χ2v) is 5.27. The van der Waals surface area contributed by atoms with Crippen LogP contribution >= 0.6 is 11.3 Å². The first-order valence-corrected chi connectivity index (χ1v) is 6.27. The molecule has 2 aromatic rings. The van der Waals surface area contributed by atoms with Gasteiger partial charge in [-0.3, -0.25) is 4.68 Å². The van der Waals surface area contributed by atoms with Gasteiger partial charge in [-0.1, -0.05) is 13.8 Å². The molecule has 2 rings (SSSR count). The fourth-order valence-corrected chi connectivity index (χ4v) is 2.83. The Bertz CT molecular complexity index is 508.